The Morgan fingerprint density at radius 3 is 2.23 bits per heavy atom. The van der Waals surface area contributed by atoms with Crippen molar-refractivity contribution in [3.63, 3.8) is 0 Å². The lowest BCUT2D eigenvalue weighted by Crippen LogP contribution is -2.17. The van der Waals surface area contributed by atoms with E-state index in [1.165, 1.54) is 11.6 Å². The molecule has 0 bridgehead atoms. The van der Waals surface area contributed by atoms with E-state index in [2.05, 4.69) is 26.0 Å². The van der Waals surface area contributed by atoms with E-state index in [0.717, 1.165) is 30.6 Å². The van der Waals surface area contributed by atoms with Crippen molar-refractivity contribution in [1.82, 2.24) is 0 Å². The highest BCUT2D eigenvalue weighted by Crippen LogP contribution is 2.31. The van der Waals surface area contributed by atoms with Crippen molar-refractivity contribution in [2.45, 2.75) is 58.5 Å². The second kappa shape index (κ2) is 9.80. The smallest absolute Gasteiger partial charge is 0.165 e. The molecule has 0 amide bonds. The monoisotopic (exact) mass is 406 g/mol. The van der Waals surface area contributed by atoms with Crippen molar-refractivity contribution in [2.75, 3.05) is 0 Å². The first-order valence-electron chi connectivity index (χ1n) is 10.6. The Morgan fingerprint density at radius 1 is 0.867 bits per heavy atom. The maximum atomic E-state index is 14.2. The highest BCUT2D eigenvalue weighted by molar-refractivity contribution is 5.35. The quantitative estimate of drug-likeness (QED) is 0.362. The van der Waals surface area contributed by atoms with Crippen LogP contribution in [0.4, 0.5) is 4.39 Å². The third-order valence-electron chi connectivity index (χ3n) is 5.24. The van der Waals surface area contributed by atoms with E-state index in [0.29, 0.717) is 5.75 Å². The van der Waals surface area contributed by atoms with Gasteiger partial charge in [0, 0.05) is 0 Å². The molecule has 0 radical (unpaired) electrons. The number of halogens is 1. The third kappa shape index (κ3) is 6.09. The molecular formula is C27H31FO2. The maximum absolute atomic E-state index is 14.2. The van der Waals surface area contributed by atoms with Gasteiger partial charge in [0.1, 0.15) is 11.5 Å². The minimum Gasteiger partial charge on any atom is -0.491 e. The summed E-state index contributed by atoms with van der Waals surface area (Å²) in [6.45, 7) is 8.59. The van der Waals surface area contributed by atoms with E-state index in [4.69, 9.17) is 9.47 Å². The zero-order chi connectivity index (χ0) is 21.6. The Morgan fingerprint density at radius 2 is 1.57 bits per heavy atom. The molecule has 0 unspecified atom stereocenters. The van der Waals surface area contributed by atoms with Crippen molar-refractivity contribution < 1.29 is 13.9 Å². The van der Waals surface area contributed by atoms with Gasteiger partial charge >= 0.3 is 0 Å². The molecule has 0 spiro atoms. The fraction of sp³-hybridized carbons (Fsp3) is 0.333. The summed E-state index contributed by atoms with van der Waals surface area (Å²) in [5.74, 6) is 1.48. The molecule has 3 aromatic rings. The maximum Gasteiger partial charge on any atom is 0.165 e. The van der Waals surface area contributed by atoms with E-state index < -0.39 is 0 Å². The fourth-order valence-corrected chi connectivity index (χ4v) is 3.53. The summed E-state index contributed by atoms with van der Waals surface area (Å²) >= 11 is 0. The summed E-state index contributed by atoms with van der Waals surface area (Å²) < 4.78 is 25.6. The van der Waals surface area contributed by atoms with Gasteiger partial charge in [0.2, 0.25) is 0 Å². The lowest BCUT2D eigenvalue weighted by atomic mass is 9.80. The normalized spacial score (nSPS) is 11.5. The van der Waals surface area contributed by atoms with Gasteiger partial charge in [0.15, 0.2) is 11.6 Å². The molecule has 3 aromatic carbocycles. The first-order valence-corrected chi connectivity index (χ1v) is 10.6. The predicted octanol–water partition coefficient (Wildman–Crippen LogP) is 7.71. The third-order valence-corrected chi connectivity index (χ3v) is 5.24. The van der Waals surface area contributed by atoms with Crippen LogP contribution in [0.15, 0.2) is 72.8 Å². The zero-order valence-corrected chi connectivity index (χ0v) is 18.3. The van der Waals surface area contributed by atoms with Crippen LogP contribution in [0.2, 0.25) is 0 Å². The molecule has 3 heteroatoms. The minimum absolute atomic E-state index is 0.0553. The second-order valence-corrected chi connectivity index (χ2v) is 8.61. The number of rotatable bonds is 9. The van der Waals surface area contributed by atoms with Crippen molar-refractivity contribution in [3.8, 4) is 17.2 Å². The molecule has 0 saturated carbocycles. The predicted molar refractivity (Wildman–Crippen MR) is 121 cm³/mol. The standard InChI is InChI=1S/C27H31FO2/c1-20(2)29-24-15-13-22(14-16-24)27(3,4)18-8-9-21-12-17-25(28)26(19-21)30-23-10-6-5-7-11-23/h5-7,10-17,19-20H,8-9,18H2,1-4H3. The van der Waals surface area contributed by atoms with Gasteiger partial charge in [-0.25, -0.2) is 4.39 Å². The van der Waals surface area contributed by atoms with Crippen LogP contribution in [0.1, 0.15) is 51.7 Å². The van der Waals surface area contributed by atoms with Crippen LogP contribution in [0.25, 0.3) is 0 Å². The first kappa shape index (κ1) is 21.9. The van der Waals surface area contributed by atoms with E-state index >= 15 is 0 Å². The summed E-state index contributed by atoms with van der Waals surface area (Å²) in [4.78, 5) is 0. The van der Waals surface area contributed by atoms with E-state index in [1.807, 2.05) is 68.4 Å². The van der Waals surface area contributed by atoms with Gasteiger partial charge in [0.25, 0.3) is 0 Å². The van der Waals surface area contributed by atoms with Crippen LogP contribution in [0, 0.1) is 5.82 Å². The average molecular weight is 407 g/mol. The Balaban J connectivity index is 1.59. The zero-order valence-electron chi connectivity index (χ0n) is 18.3. The Hall–Kier alpha value is -2.81. The van der Waals surface area contributed by atoms with Crippen LogP contribution in [0.3, 0.4) is 0 Å². The summed E-state index contributed by atoms with van der Waals surface area (Å²) in [7, 11) is 0. The van der Waals surface area contributed by atoms with Gasteiger partial charge in [-0.3, -0.25) is 0 Å². The molecule has 0 aliphatic carbocycles. The molecule has 0 atom stereocenters. The first-order chi connectivity index (χ1) is 14.3. The summed E-state index contributed by atoms with van der Waals surface area (Å²) in [6, 6.07) is 22.9. The molecule has 0 aliphatic rings. The van der Waals surface area contributed by atoms with Gasteiger partial charge in [-0.15, -0.1) is 0 Å². The second-order valence-electron chi connectivity index (χ2n) is 8.61. The number of benzene rings is 3. The molecule has 0 N–H and O–H groups in total. The average Bonchev–Trinajstić information content (AvgIpc) is 2.71. The molecule has 30 heavy (non-hydrogen) atoms. The SMILES string of the molecule is CC(C)Oc1ccc(C(C)(C)CCCc2ccc(F)c(Oc3ccccc3)c2)cc1. The Bertz CT molecular complexity index is 931. The van der Waals surface area contributed by atoms with Gasteiger partial charge in [0.05, 0.1) is 6.10 Å². The van der Waals surface area contributed by atoms with Crippen LogP contribution in [-0.2, 0) is 11.8 Å². The van der Waals surface area contributed by atoms with Gasteiger partial charge in [-0.05, 0) is 86.1 Å². The molecule has 0 aromatic heterocycles. The summed E-state index contributed by atoms with van der Waals surface area (Å²) in [5.41, 5.74) is 2.43. The molecule has 158 valence electrons. The number of hydrogen-bond acceptors (Lipinski definition) is 2. The number of ether oxygens (including phenoxy) is 2. The Labute approximate surface area is 179 Å². The minimum atomic E-state index is -0.341. The highest BCUT2D eigenvalue weighted by Gasteiger charge is 2.20. The van der Waals surface area contributed by atoms with Crippen molar-refractivity contribution in [3.05, 3.63) is 89.7 Å². The van der Waals surface area contributed by atoms with E-state index in [1.54, 1.807) is 0 Å². The number of para-hydroxylation sites is 1. The fourth-order valence-electron chi connectivity index (χ4n) is 3.53. The molecule has 0 aliphatic heterocycles. The Kier molecular flexibility index (Phi) is 7.15. The van der Waals surface area contributed by atoms with E-state index in [-0.39, 0.29) is 23.1 Å². The van der Waals surface area contributed by atoms with Crippen molar-refractivity contribution in [2.24, 2.45) is 0 Å². The van der Waals surface area contributed by atoms with Gasteiger partial charge in [-0.2, -0.15) is 0 Å². The highest BCUT2D eigenvalue weighted by atomic mass is 19.1. The van der Waals surface area contributed by atoms with Gasteiger partial charge < -0.3 is 9.47 Å². The molecule has 2 nitrogen and oxygen atoms in total. The lowest BCUT2D eigenvalue weighted by Gasteiger charge is -2.26. The molecule has 0 saturated heterocycles. The number of aryl methyl sites for hydroxylation is 1. The molecule has 0 heterocycles. The van der Waals surface area contributed by atoms with Gasteiger partial charge in [-0.1, -0.05) is 50.2 Å². The van der Waals surface area contributed by atoms with Crippen molar-refractivity contribution >= 4 is 0 Å². The topological polar surface area (TPSA) is 18.5 Å². The lowest BCUT2D eigenvalue weighted by molar-refractivity contribution is 0.242. The number of hydrogen-bond donors (Lipinski definition) is 0. The molecule has 3 rings (SSSR count). The van der Waals surface area contributed by atoms with E-state index in [9.17, 15) is 4.39 Å². The largest absolute Gasteiger partial charge is 0.491 e. The molecular weight excluding hydrogens is 375 g/mol. The summed E-state index contributed by atoms with van der Waals surface area (Å²) in [5, 5.41) is 0. The van der Waals surface area contributed by atoms with Crippen LogP contribution >= 0.6 is 0 Å². The van der Waals surface area contributed by atoms with Crippen LogP contribution < -0.4 is 9.47 Å². The van der Waals surface area contributed by atoms with Crippen LogP contribution in [0.5, 0.6) is 17.2 Å². The van der Waals surface area contributed by atoms with Crippen molar-refractivity contribution in [1.29, 1.82) is 0 Å². The molecule has 0 fully saturated rings. The van der Waals surface area contributed by atoms with Crippen LogP contribution in [-0.4, -0.2) is 6.10 Å². The summed E-state index contributed by atoms with van der Waals surface area (Å²) in [6.07, 6.45) is 3.09.